The monoisotopic (exact) mass is 655 g/mol. The number of ether oxygens (including phenoxy) is 2. The first kappa shape index (κ1) is 29.5. The maximum absolute atomic E-state index is 12.7. The lowest BCUT2D eigenvalue weighted by atomic mass is 10.1. The van der Waals surface area contributed by atoms with Gasteiger partial charge in [-0.3, -0.25) is 9.59 Å². The molecule has 11 heteroatoms. The Morgan fingerprint density at radius 3 is 2.47 bits per heavy atom. The highest BCUT2D eigenvalue weighted by Crippen LogP contribution is 2.27. The minimum absolute atomic E-state index is 0.212. The molecule has 0 aliphatic rings. The summed E-state index contributed by atoms with van der Waals surface area (Å²) in [6.07, 6.45) is 1.46. The molecule has 0 saturated heterocycles. The van der Waals surface area contributed by atoms with Gasteiger partial charge in [0.2, 0.25) is 0 Å². The highest BCUT2D eigenvalue weighted by Gasteiger charge is 2.10. The van der Waals surface area contributed by atoms with Crippen molar-refractivity contribution in [2.24, 2.45) is 5.10 Å². The van der Waals surface area contributed by atoms with Crippen molar-refractivity contribution in [2.75, 3.05) is 24.4 Å². The van der Waals surface area contributed by atoms with Crippen LogP contribution in [0.3, 0.4) is 0 Å². The number of hydrogen-bond acceptors (Lipinski definition) is 8. The first-order chi connectivity index (χ1) is 21.0. The third-order valence-electron chi connectivity index (χ3n) is 6.05. The van der Waals surface area contributed by atoms with Gasteiger partial charge in [0, 0.05) is 37.9 Å². The summed E-state index contributed by atoms with van der Waals surface area (Å²) in [6.45, 7) is -0.212. The molecule has 0 radical (unpaired) electrons. The molecule has 9 nitrogen and oxygen atoms in total. The van der Waals surface area contributed by atoms with E-state index in [0.29, 0.717) is 28.3 Å². The molecule has 0 atom stereocenters. The van der Waals surface area contributed by atoms with Crippen molar-refractivity contribution < 1.29 is 19.1 Å². The third kappa shape index (κ3) is 8.28. The molecule has 0 unspecified atom stereocenters. The number of nitrogens with one attached hydrogen (secondary N) is 3. The van der Waals surface area contributed by atoms with Crippen molar-refractivity contribution in [1.29, 1.82) is 0 Å². The van der Waals surface area contributed by atoms with Gasteiger partial charge in [-0.15, -0.1) is 11.3 Å². The van der Waals surface area contributed by atoms with Crippen LogP contribution in [-0.4, -0.2) is 36.7 Å². The van der Waals surface area contributed by atoms with Crippen LogP contribution in [-0.2, 0) is 4.79 Å². The maximum atomic E-state index is 12.7. The quantitative estimate of drug-likeness (QED) is 0.103. The number of aromatic nitrogens is 1. The van der Waals surface area contributed by atoms with Crippen molar-refractivity contribution in [2.45, 2.75) is 0 Å². The molecular weight excluding hydrogens is 630 g/mol. The Kier molecular flexibility index (Phi) is 9.78. The zero-order chi connectivity index (χ0) is 30.0. The summed E-state index contributed by atoms with van der Waals surface area (Å²) >= 11 is 4.94. The minimum atomic E-state index is -0.371. The Labute approximate surface area is 260 Å². The zero-order valence-corrected chi connectivity index (χ0v) is 25.3. The number of benzene rings is 4. The minimum Gasteiger partial charge on any atom is -0.497 e. The van der Waals surface area contributed by atoms with Gasteiger partial charge < -0.3 is 20.1 Å². The fourth-order valence-corrected chi connectivity index (χ4v) is 5.01. The number of anilines is 3. The van der Waals surface area contributed by atoms with Crippen LogP contribution in [0, 0.1) is 0 Å². The average molecular weight is 657 g/mol. The van der Waals surface area contributed by atoms with Crippen molar-refractivity contribution in [3.05, 3.63) is 118 Å². The Hall–Kier alpha value is -5.00. The second-order valence-electron chi connectivity index (χ2n) is 9.05. The van der Waals surface area contributed by atoms with E-state index in [0.717, 1.165) is 26.5 Å². The number of nitrogens with zero attached hydrogens (tertiary/aromatic N) is 2. The standard InChI is InChI=1S/C32H26BrN5O4S/c1-41-27-14-12-26(13-15-27)35-30(39)19-42-29-16-11-24(33)17-23(29)18-34-38-31(40)22-9-7-21(8-10-22)28-20-43-32(37-28)36-25-5-3-2-4-6-25/h2-18,20H,19H2,1H3,(H,35,39)(H,36,37)(H,38,40)/b34-18+. The summed E-state index contributed by atoms with van der Waals surface area (Å²) in [5, 5.41) is 12.9. The molecular formula is C32H26BrN5O4S. The van der Waals surface area contributed by atoms with E-state index in [4.69, 9.17) is 9.47 Å². The van der Waals surface area contributed by atoms with Crippen molar-refractivity contribution in [3.63, 3.8) is 0 Å². The Morgan fingerprint density at radius 1 is 0.953 bits per heavy atom. The lowest BCUT2D eigenvalue weighted by Crippen LogP contribution is -2.20. The van der Waals surface area contributed by atoms with Crippen molar-refractivity contribution >= 4 is 61.8 Å². The number of rotatable bonds is 11. The lowest BCUT2D eigenvalue weighted by molar-refractivity contribution is -0.118. The van der Waals surface area contributed by atoms with E-state index in [1.165, 1.54) is 17.6 Å². The fraction of sp³-hybridized carbons (Fsp3) is 0.0625. The number of carbonyl (C=O) groups is 2. The molecule has 3 N–H and O–H groups in total. The van der Waals surface area contributed by atoms with Gasteiger partial charge in [0.25, 0.3) is 11.8 Å². The number of amides is 2. The van der Waals surface area contributed by atoms with Crippen molar-refractivity contribution in [3.8, 4) is 22.8 Å². The van der Waals surface area contributed by atoms with Crippen LogP contribution in [0.5, 0.6) is 11.5 Å². The summed E-state index contributed by atoms with van der Waals surface area (Å²) < 4.78 is 11.6. The largest absolute Gasteiger partial charge is 0.497 e. The van der Waals surface area contributed by atoms with E-state index < -0.39 is 0 Å². The summed E-state index contributed by atoms with van der Waals surface area (Å²) in [6, 6.07) is 29.2. The number of thiazole rings is 1. The fourth-order valence-electron chi connectivity index (χ4n) is 3.89. The predicted octanol–water partition coefficient (Wildman–Crippen LogP) is 7.11. The molecule has 0 saturated carbocycles. The van der Waals surface area contributed by atoms with Gasteiger partial charge in [0.05, 0.1) is 19.0 Å². The van der Waals surface area contributed by atoms with Crippen LogP contribution in [0.4, 0.5) is 16.5 Å². The number of methoxy groups -OCH3 is 1. The zero-order valence-electron chi connectivity index (χ0n) is 22.9. The smallest absolute Gasteiger partial charge is 0.271 e. The highest BCUT2D eigenvalue weighted by atomic mass is 79.9. The summed E-state index contributed by atoms with van der Waals surface area (Å²) in [5.74, 6) is 0.427. The van der Waals surface area contributed by atoms with E-state index in [1.54, 1.807) is 61.7 Å². The Balaban J connectivity index is 1.16. The molecule has 1 heterocycles. The SMILES string of the molecule is COc1ccc(NC(=O)COc2ccc(Br)cc2/C=N/NC(=O)c2ccc(-c3csc(Nc4ccccc4)n3)cc2)cc1. The number of hydrazone groups is 1. The van der Waals surface area contributed by atoms with Crippen LogP contribution in [0.2, 0.25) is 0 Å². The van der Waals surface area contributed by atoms with Crippen LogP contribution in [0.25, 0.3) is 11.3 Å². The van der Waals surface area contributed by atoms with Gasteiger partial charge >= 0.3 is 0 Å². The topological polar surface area (TPSA) is 114 Å². The van der Waals surface area contributed by atoms with E-state index in [1.807, 2.05) is 47.8 Å². The van der Waals surface area contributed by atoms with Crippen molar-refractivity contribution in [1.82, 2.24) is 10.4 Å². The van der Waals surface area contributed by atoms with Gasteiger partial charge in [-0.2, -0.15) is 5.10 Å². The Bertz CT molecular complexity index is 1730. The number of carbonyl (C=O) groups excluding carboxylic acids is 2. The van der Waals surface area contributed by atoms with Gasteiger partial charge in [-0.25, -0.2) is 10.4 Å². The molecule has 43 heavy (non-hydrogen) atoms. The first-order valence-corrected chi connectivity index (χ1v) is 14.7. The molecule has 0 spiro atoms. The van der Waals surface area contributed by atoms with Crippen LogP contribution < -0.4 is 25.5 Å². The molecule has 0 fully saturated rings. The number of para-hydroxylation sites is 1. The van der Waals surface area contributed by atoms with Gasteiger partial charge in [-0.1, -0.05) is 46.3 Å². The first-order valence-electron chi connectivity index (χ1n) is 13.0. The highest BCUT2D eigenvalue weighted by molar-refractivity contribution is 9.10. The average Bonchev–Trinajstić information content (AvgIpc) is 3.50. The van der Waals surface area contributed by atoms with E-state index in [9.17, 15) is 9.59 Å². The van der Waals surface area contributed by atoms with E-state index in [2.05, 4.69) is 42.1 Å². The van der Waals surface area contributed by atoms with Gasteiger partial charge in [-0.05, 0) is 66.7 Å². The molecule has 216 valence electrons. The van der Waals surface area contributed by atoms with Gasteiger partial charge in [0.15, 0.2) is 11.7 Å². The van der Waals surface area contributed by atoms with Crippen LogP contribution in [0.15, 0.2) is 112 Å². The van der Waals surface area contributed by atoms with E-state index in [-0.39, 0.29) is 18.4 Å². The molecule has 0 aliphatic heterocycles. The third-order valence-corrected chi connectivity index (χ3v) is 7.30. The number of halogens is 1. The molecule has 0 aliphatic carbocycles. The molecule has 2 amide bonds. The molecule has 4 aromatic carbocycles. The summed E-state index contributed by atoms with van der Waals surface area (Å²) in [4.78, 5) is 29.8. The predicted molar refractivity (Wildman–Crippen MR) is 174 cm³/mol. The lowest BCUT2D eigenvalue weighted by Gasteiger charge is -2.10. The second kappa shape index (κ2) is 14.3. The summed E-state index contributed by atoms with van der Waals surface area (Å²) in [5.41, 5.74) is 6.85. The second-order valence-corrected chi connectivity index (χ2v) is 10.8. The summed E-state index contributed by atoms with van der Waals surface area (Å²) in [7, 11) is 1.58. The molecule has 0 bridgehead atoms. The molecule has 1 aromatic heterocycles. The Morgan fingerprint density at radius 2 is 1.72 bits per heavy atom. The molecule has 5 rings (SSSR count). The van der Waals surface area contributed by atoms with Crippen LogP contribution >= 0.6 is 27.3 Å². The molecule has 5 aromatic rings. The normalized spacial score (nSPS) is 10.7. The maximum Gasteiger partial charge on any atom is 0.271 e. The van der Waals surface area contributed by atoms with E-state index >= 15 is 0 Å². The number of hydrogen-bond donors (Lipinski definition) is 3. The van der Waals surface area contributed by atoms with Crippen LogP contribution in [0.1, 0.15) is 15.9 Å². The van der Waals surface area contributed by atoms with Gasteiger partial charge in [0.1, 0.15) is 11.5 Å².